The first-order valence-corrected chi connectivity index (χ1v) is 8.71. The summed E-state index contributed by atoms with van der Waals surface area (Å²) in [4.78, 5) is 0. The van der Waals surface area contributed by atoms with Gasteiger partial charge in [0.25, 0.3) is 0 Å². The number of thioether (sulfide) groups is 1. The summed E-state index contributed by atoms with van der Waals surface area (Å²) in [5.74, 6) is 2.04. The molecule has 0 saturated heterocycles. The summed E-state index contributed by atoms with van der Waals surface area (Å²) in [5.41, 5.74) is 0.803. The van der Waals surface area contributed by atoms with E-state index in [1.807, 2.05) is 16.7 Å². The van der Waals surface area contributed by atoms with Gasteiger partial charge >= 0.3 is 0 Å². The van der Waals surface area contributed by atoms with Gasteiger partial charge in [-0.25, -0.2) is 4.39 Å². The molecule has 0 aliphatic carbocycles. The molecule has 0 radical (unpaired) electrons. The van der Waals surface area contributed by atoms with Gasteiger partial charge in [-0.2, -0.15) is 0 Å². The highest BCUT2D eigenvalue weighted by Crippen LogP contribution is 2.26. The van der Waals surface area contributed by atoms with Gasteiger partial charge in [-0.3, -0.25) is 4.57 Å². The number of benzene rings is 1. The lowest BCUT2D eigenvalue weighted by molar-refractivity contribution is 0.287. The number of unbranched alkanes of at least 4 members (excludes halogenated alkanes) is 1. The maximum Gasteiger partial charge on any atom is 0.191 e. The highest BCUT2D eigenvalue weighted by atomic mass is 32.2. The van der Waals surface area contributed by atoms with Gasteiger partial charge < -0.3 is 9.52 Å². The van der Waals surface area contributed by atoms with E-state index in [2.05, 4.69) is 10.2 Å². The minimum atomic E-state index is -0.283. The molecule has 0 saturated carbocycles. The lowest BCUT2D eigenvalue weighted by Gasteiger charge is -2.08. The molecule has 0 fully saturated rings. The van der Waals surface area contributed by atoms with Gasteiger partial charge in [-0.15, -0.1) is 10.2 Å². The molecule has 0 bridgehead atoms. The number of aliphatic hydroxyl groups is 1. The van der Waals surface area contributed by atoms with Crippen LogP contribution in [0.3, 0.4) is 0 Å². The minimum absolute atomic E-state index is 0.195. The Bertz CT molecular complexity index is 757. The van der Waals surface area contributed by atoms with Gasteiger partial charge in [0.15, 0.2) is 11.0 Å². The summed E-state index contributed by atoms with van der Waals surface area (Å²) in [6.07, 6.45) is 3.30. The molecule has 2 heterocycles. The second-order valence-corrected chi connectivity index (χ2v) is 6.32. The lowest BCUT2D eigenvalue weighted by atomic mass is 10.2. The smallest absolute Gasteiger partial charge is 0.191 e. The van der Waals surface area contributed by atoms with E-state index < -0.39 is 0 Å². The van der Waals surface area contributed by atoms with Crippen LogP contribution in [-0.4, -0.2) is 32.2 Å². The average Bonchev–Trinajstić information content (AvgIpc) is 3.24. The molecular weight excluding hydrogens is 329 g/mol. The van der Waals surface area contributed by atoms with Gasteiger partial charge in [0.2, 0.25) is 0 Å². The Balaban J connectivity index is 1.87. The quantitative estimate of drug-likeness (QED) is 0.498. The van der Waals surface area contributed by atoms with E-state index in [-0.39, 0.29) is 12.4 Å². The van der Waals surface area contributed by atoms with Crippen molar-refractivity contribution >= 4 is 11.8 Å². The Morgan fingerprint density at radius 3 is 2.67 bits per heavy atom. The van der Waals surface area contributed by atoms with Gasteiger partial charge in [0.1, 0.15) is 11.6 Å². The molecule has 0 amide bonds. The van der Waals surface area contributed by atoms with Crippen LogP contribution < -0.4 is 0 Å². The molecule has 1 N–H and O–H groups in total. The Hall–Kier alpha value is -2.12. The molecule has 0 aliphatic rings. The average molecular weight is 347 g/mol. The number of rotatable bonds is 8. The Morgan fingerprint density at radius 2 is 1.96 bits per heavy atom. The number of hydrogen-bond acceptors (Lipinski definition) is 5. The Labute approximate surface area is 143 Å². The van der Waals surface area contributed by atoms with E-state index >= 15 is 0 Å². The first kappa shape index (κ1) is 16.7. The molecule has 126 valence electrons. The first-order chi connectivity index (χ1) is 11.8. The van der Waals surface area contributed by atoms with E-state index in [0.717, 1.165) is 35.1 Å². The van der Waals surface area contributed by atoms with Crippen molar-refractivity contribution in [2.75, 3.05) is 12.4 Å². The van der Waals surface area contributed by atoms with Crippen LogP contribution in [0.5, 0.6) is 0 Å². The summed E-state index contributed by atoms with van der Waals surface area (Å²) < 4.78 is 20.6. The minimum Gasteiger partial charge on any atom is -0.467 e. The number of aliphatic hydroxyl groups excluding tert-OH is 1. The fraction of sp³-hybridized carbons (Fsp3) is 0.294. The van der Waals surface area contributed by atoms with Crippen LogP contribution >= 0.6 is 11.8 Å². The highest BCUT2D eigenvalue weighted by molar-refractivity contribution is 7.99. The van der Waals surface area contributed by atoms with E-state index in [9.17, 15) is 4.39 Å². The zero-order chi connectivity index (χ0) is 16.8. The Morgan fingerprint density at radius 1 is 1.12 bits per heavy atom. The van der Waals surface area contributed by atoms with Crippen molar-refractivity contribution < 1.29 is 13.9 Å². The van der Waals surface area contributed by atoms with E-state index in [0.29, 0.717) is 12.4 Å². The van der Waals surface area contributed by atoms with Crippen LogP contribution in [0.1, 0.15) is 18.6 Å². The van der Waals surface area contributed by atoms with Crippen LogP contribution in [0.25, 0.3) is 11.4 Å². The topological polar surface area (TPSA) is 64.1 Å². The van der Waals surface area contributed by atoms with Crippen molar-refractivity contribution in [3.63, 3.8) is 0 Å². The molecular formula is C17H18FN3O2S. The van der Waals surface area contributed by atoms with E-state index in [1.165, 1.54) is 12.1 Å². The zero-order valence-corrected chi connectivity index (χ0v) is 13.9. The fourth-order valence-electron chi connectivity index (χ4n) is 2.29. The zero-order valence-electron chi connectivity index (χ0n) is 13.1. The predicted molar refractivity (Wildman–Crippen MR) is 90.3 cm³/mol. The summed E-state index contributed by atoms with van der Waals surface area (Å²) in [7, 11) is 0. The van der Waals surface area contributed by atoms with Crippen LogP contribution in [0.4, 0.5) is 4.39 Å². The maximum atomic E-state index is 13.2. The molecule has 3 aromatic rings. The fourth-order valence-corrected chi connectivity index (χ4v) is 3.22. The summed E-state index contributed by atoms with van der Waals surface area (Å²) in [5, 5.41) is 18.2. The molecule has 0 atom stereocenters. The first-order valence-electron chi connectivity index (χ1n) is 7.73. The number of halogens is 1. The second kappa shape index (κ2) is 8.12. The van der Waals surface area contributed by atoms with Crippen molar-refractivity contribution in [1.29, 1.82) is 0 Å². The number of furan rings is 1. The van der Waals surface area contributed by atoms with Gasteiger partial charge in [-0.05, 0) is 49.2 Å². The molecule has 0 spiro atoms. The summed E-state index contributed by atoms with van der Waals surface area (Å²) in [6, 6.07) is 9.95. The van der Waals surface area contributed by atoms with Crippen molar-refractivity contribution in [1.82, 2.24) is 14.8 Å². The molecule has 24 heavy (non-hydrogen) atoms. The molecule has 7 heteroatoms. The third-order valence-corrected chi connectivity index (χ3v) is 4.55. The molecule has 5 nitrogen and oxygen atoms in total. The highest BCUT2D eigenvalue weighted by Gasteiger charge is 2.15. The van der Waals surface area contributed by atoms with Crippen LogP contribution in [-0.2, 0) is 6.54 Å². The Kier molecular flexibility index (Phi) is 5.66. The van der Waals surface area contributed by atoms with E-state index in [1.54, 1.807) is 30.2 Å². The summed E-state index contributed by atoms with van der Waals surface area (Å²) >= 11 is 1.59. The van der Waals surface area contributed by atoms with Gasteiger partial charge in [0.05, 0.1) is 12.8 Å². The molecule has 0 unspecified atom stereocenters. The third-order valence-electron chi connectivity index (χ3n) is 3.50. The van der Waals surface area contributed by atoms with Crippen molar-refractivity contribution in [2.45, 2.75) is 24.5 Å². The summed E-state index contributed by atoms with van der Waals surface area (Å²) in [6.45, 7) is 0.704. The maximum absolute atomic E-state index is 13.2. The largest absolute Gasteiger partial charge is 0.467 e. The SMILES string of the molecule is OCCCCSc1nnc(-c2ccc(F)cc2)n1Cc1ccco1. The predicted octanol–water partition coefficient (Wildman–Crippen LogP) is 3.59. The van der Waals surface area contributed by atoms with Crippen molar-refractivity contribution in [3.8, 4) is 11.4 Å². The third kappa shape index (κ3) is 4.04. The van der Waals surface area contributed by atoms with Crippen LogP contribution in [0.15, 0.2) is 52.2 Å². The second-order valence-electron chi connectivity index (χ2n) is 5.26. The number of hydrogen-bond donors (Lipinski definition) is 1. The van der Waals surface area contributed by atoms with Gasteiger partial charge in [0, 0.05) is 17.9 Å². The molecule has 2 aromatic heterocycles. The molecule has 0 aliphatic heterocycles. The van der Waals surface area contributed by atoms with Crippen LogP contribution in [0, 0.1) is 5.82 Å². The van der Waals surface area contributed by atoms with Crippen molar-refractivity contribution in [3.05, 3.63) is 54.2 Å². The van der Waals surface area contributed by atoms with Gasteiger partial charge in [-0.1, -0.05) is 11.8 Å². The number of aromatic nitrogens is 3. The lowest BCUT2D eigenvalue weighted by Crippen LogP contribution is -2.04. The molecule has 3 rings (SSSR count). The van der Waals surface area contributed by atoms with Crippen molar-refractivity contribution in [2.24, 2.45) is 0 Å². The molecule has 1 aromatic carbocycles. The van der Waals surface area contributed by atoms with Crippen LogP contribution in [0.2, 0.25) is 0 Å². The monoisotopic (exact) mass is 347 g/mol. The number of nitrogens with zero attached hydrogens (tertiary/aromatic N) is 3. The standard InChI is InChI=1S/C17H18FN3O2S/c18-14-7-5-13(6-8-14)16-19-20-17(24-11-2-1-9-22)21(16)12-15-4-3-10-23-15/h3-8,10,22H,1-2,9,11-12H2. The normalized spacial score (nSPS) is 11.1. The van der Waals surface area contributed by atoms with E-state index in [4.69, 9.17) is 9.52 Å².